The van der Waals surface area contributed by atoms with Crippen LogP contribution in [0.3, 0.4) is 0 Å². The number of fused-ring (bicyclic) bond motifs is 9. The van der Waals surface area contributed by atoms with E-state index in [9.17, 15) is 0 Å². The van der Waals surface area contributed by atoms with Crippen LogP contribution in [-0.4, -0.2) is 10.6 Å². The van der Waals surface area contributed by atoms with E-state index >= 15 is 0 Å². The zero-order valence-corrected chi connectivity index (χ0v) is 28.6. The van der Waals surface area contributed by atoms with Gasteiger partial charge in [-0.3, -0.25) is 0 Å². The van der Waals surface area contributed by atoms with Crippen LogP contribution < -0.4 is 4.90 Å². The van der Waals surface area contributed by atoms with E-state index in [1.54, 1.807) is 0 Å². The third-order valence-electron chi connectivity index (χ3n) is 10.9. The summed E-state index contributed by atoms with van der Waals surface area (Å²) < 4.78 is 5.10. The highest BCUT2D eigenvalue weighted by Gasteiger charge is 2.38. The number of aromatic nitrogens is 1. The molecule has 0 saturated carbocycles. The Morgan fingerprint density at radius 1 is 0.471 bits per heavy atom. The molecular formula is C48H32N2S. The highest BCUT2D eigenvalue weighted by atomic mass is 32.1. The van der Waals surface area contributed by atoms with Gasteiger partial charge in [0, 0.05) is 53.9 Å². The standard InChI is InChI=1S/C48H32N2S/c1-2-10-31(11-3-1)32-18-22-35(23-19-32)49-43-15-7-4-12-37(43)39-25-20-34(29-46(39)49)33-21-26-45-41(28-33)38-13-5-8-16-44(38)50(45)36-24-27-48-42(30-36)40-14-6-9-17-47(40)51-48/h1-30,39,46H. The van der Waals surface area contributed by atoms with Crippen LogP contribution in [0.1, 0.15) is 17.0 Å². The molecule has 2 unspecified atom stereocenters. The van der Waals surface area contributed by atoms with Gasteiger partial charge in [-0.1, -0.05) is 121 Å². The van der Waals surface area contributed by atoms with Crippen molar-refractivity contribution in [2.75, 3.05) is 4.90 Å². The predicted molar refractivity (Wildman–Crippen MR) is 218 cm³/mol. The number of benzene rings is 7. The molecule has 51 heavy (non-hydrogen) atoms. The first-order chi connectivity index (χ1) is 25.3. The molecule has 9 aromatic rings. The first kappa shape index (κ1) is 28.7. The molecule has 11 rings (SSSR count). The van der Waals surface area contributed by atoms with Crippen molar-refractivity contribution >= 4 is 70.3 Å². The minimum absolute atomic E-state index is 0.189. The fourth-order valence-corrected chi connectivity index (χ4v) is 9.66. The summed E-state index contributed by atoms with van der Waals surface area (Å²) in [6, 6.07) is 60.4. The van der Waals surface area contributed by atoms with Gasteiger partial charge in [-0.15, -0.1) is 11.3 Å². The lowest BCUT2D eigenvalue weighted by Gasteiger charge is -2.30. The van der Waals surface area contributed by atoms with Crippen LogP contribution >= 0.6 is 11.3 Å². The van der Waals surface area contributed by atoms with Gasteiger partial charge in [-0.05, 0) is 88.5 Å². The Hall–Kier alpha value is -6.16. The zero-order chi connectivity index (χ0) is 33.5. The van der Waals surface area contributed by atoms with Crippen LogP contribution in [0, 0.1) is 0 Å². The van der Waals surface area contributed by atoms with Gasteiger partial charge >= 0.3 is 0 Å². The number of allylic oxidation sites excluding steroid dienone is 2. The summed E-state index contributed by atoms with van der Waals surface area (Å²) in [5.74, 6) is 0.299. The second kappa shape index (κ2) is 11.2. The molecule has 0 bridgehead atoms. The van der Waals surface area contributed by atoms with E-state index in [1.165, 1.54) is 86.9 Å². The molecule has 0 radical (unpaired) electrons. The second-order valence-corrected chi connectivity index (χ2v) is 14.8. The molecule has 0 N–H and O–H groups in total. The maximum Gasteiger partial charge on any atom is 0.0635 e. The topological polar surface area (TPSA) is 8.17 Å². The molecular weight excluding hydrogens is 637 g/mol. The fourth-order valence-electron chi connectivity index (χ4n) is 8.57. The summed E-state index contributed by atoms with van der Waals surface area (Å²) in [5, 5.41) is 5.20. The molecule has 2 aromatic heterocycles. The monoisotopic (exact) mass is 668 g/mol. The Bertz CT molecular complexity index is 2870. The second-order valence-electron chi connectivity index (χ2n) is 13.7. The van der Waals surface area contributed by atoms with Crippen LogP contribution in [0.25, 0.3) is 64.4 Å². The smallest absolute Gasteiger partial charge is 0.0635 e. The number of hydrogen-bond acceptors (Lipinski definition) is 2. The summed E-state index contributed by atoms with van der Waals surface area (Å²) in [4.78, 5) is 2.53. The van der Waals surface area contributed by atoms with E-state index in [2.05, 4.69) is 191 Å². The largest absolute Gasteiger partial charge is 0.333 e. The van der Waals surface area contributed by atoms with E-state index in [4.69, 9.17) is 0 Å². The molecule has 3 heteroatoms. The van der Waals surface area contributed by atoms with Gasteiger partial charge in [-0.25, -0.2) is 0 Å². The molecule has 2 nitrogen and oxygen atoms in total. The van der Waals surface area contributed by atoms with Gasteiger partial charge in [0.15, 0.2) is 0 Å². The molecule has 0 amide bonds. The third kappa shape index (κ3) is 4.42. The van der Waals surface area contributed by atoms with Crippen molar-refractivity contribution in [1.29, 1.82) is 0 Å². The molecule has 240 valence electrons. The fraction of sp³-hybridized carbons (Fsp3) is 0.0417. The average Bonchev–Trinajstić information content (AvgIpc) is 3.85. The van der Waals surface area contributed by atoms with E-state index in [0.717, 1.165) is 0 Å². The van der Waals surface area contributed by atoms with Gasteiger partial charge < -0.3 is 9.47 Å². The van der Waals surface area contributed by atoms with Crippen LogP contribution in [0.2, 0.25) is 0 Å². The molecule has 2 atom stereocenters. The van der Waals surface area contributed by atoms with Gasteiger partial charge in [0.05, 0.1) is 17.1 Å². The lowest BCUT2D eigenvalue weighted by molar-refractivity contribution is 0.747. The van der Waals surface area contributed by atoms with E-state index < -0.39 is 0 Å². The first-order valence-corrected chi connectivity index (χ1v) is 18.5. The molecule has 2 aliphatic rings. The average molecular weight is 669 g/mol. The highest BCUT2D eigenvalue weighted by molar-refractivity contribution is 7.25. The number of hydrogen-bond donors (Lipinski definition) is 0. The Balaban J connectivity index is 1.02. The lowest BCUT2D eigenvalue weighted by atomic mass is 9.86. The van der Waals surface area contributed by atoms with Crippen molar-refractivity contribution in [3.05, 3.63) is 193 Å². The third-order valence-corrected chi connectivity index (χ3v) is 12.1. The van der Waals surface area contributed by atoms with Crippen molar-refractivity contribution in [2.24, 2.45) is 0 Å². The number of nitrogens with zero attached hydrogens (tertiary/aromatic N) is 2. The van der Waals surface area contributed by atoms with Crippen molar-refractivity contribution in [2.45, 2.75) is 12.0 Å². The van der Waals surface area contributed by atoms with Gasteiger partial charge in [-0.2, -0.15) is 0 Å². The van der Waals surface area contributed by atoms with Crippen molar-refractivity contribution in [3.8, 4) is 16.8 Å². The van der Waals surface area contributed by atoms with E-state index in [1.807, 2.05) is 11.3 Å². The molecule has 3 heterocycles. The molecule has 0 fully saturated rings. The molecule has 0 spiro atoms. The van der Waals surface area contributed by atoms with Crippen molar-refractivity contribution in [3.63, 3.8) is 0 Å². The summed E-state index contributed by atoms with van der Waals surface area (Å²) in [7, 11) is 0. The van der Waals surface area contributed by atoms with E-state index in [0.29, 0.717) is 5.92 Å². The Labute approximate surface area is 300 Å². The van der Waals surface area contributed by atoms with Crippen molar-refractivity contribution < 1.29 is 0 Å². The lowest BCUT2D eigenvalue weighted by Crippen LogP contribution is -2.29. The number of rotatable bonds is 4. The SMILES string of the molecule is C1=CC2c3ccccc3N(c3ccc(-c4ccccc4)cc3)C2C=C1c1ccc2c(c1)c1ccccc1n2-c1ccc2sc3ccccc3c2c1. The summed E-state index contributed by atoms with van der Waals surface area (Å²) in [6.45, 7) is 0. The molecule has 1 aliphatic carbocycles. The number of thiophene rings is 1. The van der Waals surface area contributed by atoms with Crippen LogP contribution in [0.15, 0.2) is 182 Å². The Kier molecular flexibility index (Phi) is 6.28. The highest BCUT2D eigenvalue weighted by Crippen LogP contribution is 2.49. The molecule has 7 aromatic carbocycles. The predicted octanol–water partition coefficient (Wildman–Crippen LogP) is 13.1. The maximum absolute atomic E-state index is 2.53. The van der Waals surface area contributed by atoms with Gasteiger partial charge in [0.2, 0.25) is 0 Å². The first-order valence-electron chi connectivity index (χ1n) is 17.7. The normalized spacial score (nSPS) is 16.6. The Morgan fingerprint density at radius 2 is 1.16 bits per heavy atom. The molecule has 1 aliphatic heterocycles. The maximum atomic E-state index is 2.53. The van der Waals surface area contributed by atoms with Crippen LogP contribution in [0.4, 0.5) is 11.4 Å². The zero-order valence-electron chi connectivity index (χ0n) is 27.8. The summed E-state index contributed by atoms with van der Waals surface area (Å²) in [5.41, 5.74) is 12.5. The van der Waals surface area contributed by atoms with Gasteiger partial charge in [0.1, 0.15) is 0 Å². The van der Waals surface area contributed by atoms with Gasteiger partial charge in [0.25, 0.3) is 0 Å². The Morgan fingerprint density at radius 3 is 2.06 bits per heavy atom. The minimum Gasteiger partial charge on any atom is -0.333 e. The quantitative estimate of drug-likeness (QED) is 0.181. The summed E-state index contributed by atoms with van der Waals surface area (Å²) >= 11 is 1.87. The minimum atomic E-state index is 0.189. The molecule has 0 saturated heterocycles. The number of para-hydroxylation sites is 2. The van der Waals surface area contributed by atoms with Crippen LogP contribution in [0.5, 0.6) is 0 Å². The number of anilines is 2. The van der Waals surface area contributed by atoms with E-state index in [-0.39, 0.29) is 6.04 Å². The van der Waals surface area contributed by atoms with Crippen LogP contribution in [-0.2, 0) is 0 Å². The summed E-state index contributed by atoms with van der Waals surface area (Å²) in [6.07, 6.45) is 7.26. The van der Waals surface area contributed by atoms with Crippen molar-refractivity contribution in [1.82, 2.24) is 4.57 Å².